The van der Waals surface area contributed by atoms with E-state index in [2.05, 4.69) is 25.5 Å². The van der Waals surface area contributed by atoms with Crippen molar-refractivity contribution in [3.8, 4) is 6.33 Å². The molecule has 0 bridgehead atoms. The van der Waals surface area contributed by atoms with Gasteiger partial charge in [0.05, 0.1) is 0 Å². The Morgan fingerprint density at radius 2 is 2.38 bits per heavy atom. The molecule has 0 saturated carbocycles. The van der Waals surface area contributed by atoms with E-state index in [9.17, 15) is 4.65 Å². The SMILES string of the molecule is [CH2+]C([CH2-])(C[CH2-])OC#[O+]. The Bertz CT molecular complexity index is 99.6. The molecule has 0 N–H and O–H groups in total. The van der Waals surface area contributed by atoms with Crippen LogP contribution in [0.2, 0.25) is 0 Å². The standard InChI is InChI=1S/C6H8O2/c1-4-6(2,3)8-5-7/h1-4H2. The molecule has 2 nitrogen and oxygen atoms in total. The Kier molecular flexibility index (Phi) is 2.46. The third-order valence-electron chi connectivity index (χ3n) is 0.714. The molecule has 0 amide bonds. The summed E-state index contributed by atoms with van der Waals surface area (Å²) in [7, 11) is 0. The first-order valence-corrected chi connectivity index (χ1v) is 2.17. The van der Waals surface area contributed by atoms with Gasteiger partial charge in [-0.05, 0) is 0 Å². The van der Waals surface area contributed by atoms with Gasteiger partial charge in [0.2, 0.25) is 0 Å². The Labute approximate surface area is 49.6 Å². The van der Waals surface area contributed by atoms with Crippen LogP contribution in [0.4, 0.5) is 0 Å². The molecule has 0 unspecified atom stereocenters. The zero-order valence-electron chi connectivity index (χ0n) is 4.64. The van der Waals surface area contributed by atoms with Gasteiger partial charge >= 0.3 is 48.5 Å². The Morgan fingerprint density at radius 1 is 1.88 bits per heavy atom. The van der Waals surface area contributed by atoms with Crippen molar-refractivity contribution < 1.29 is 9.39 Å². The number of rotatable bonds is 2. The van der Waals surface area contributed by atoms with E-state index in [-0.39, 0.29) is 0 Å². The first kappa shape index (κ1) is 7.41. The molecule has 0 aliphatic heterocycles. The van der Waals surface area contributed by atoms with Gasteiger partial charge in [0.1, 0.15) is 0 Å². The summed E-state index contributed by atoms with van der Waals surface area (Å²) in [4.78, 5) is 0. The first-order valence-electron chi connectivity index (χ1n) is 2.17. The van der Waals surface area contributed by atoms with Crippen LogP contribution in [0, 0.1) is 27.1 Å². The molecule has 0 aromatic rings. The normalized spacial score (nSPS) is 16.1. The molecule has 0 saturated heterocycles. The van der Waals surface area contributed by atoms with Crippen molar-refractivity contribution in [2.75, 3.05) is 0 Å². The van der Waals surface area contributed by atoms with E-state index in [0.29, 0.717) is 6.42 Å². The van der Waals surface area contributed by atoms with E-state index in [1.807, 2.05) is 0 Å². The summed E-state index contributed by atoms with van der Waals surface area (Å²) < 4.78 is 13.8. The van der Waals surface area contributed by atoms with Crippen molar-refractivity contribution in [3.05, 3.63) is 20.8 Å². The van der Waals surface area contributed by atoms with Crippen molar-refractivity contribution in [2.24, 2.45) is 0 Å². The van der Waals surface area contributed by atoms with E-state index >= 15 is 0 Å². The molecule has 0 aromatic carbocycles. The van der Waals surface area contributed by atoms with E-state index in [1.165, 1.54) is 6.33 Å². The zero-order chi connectivity index (χ0) is 6.62. The van der Waals surface area contributed by atoms with Gasteiger partial charge in [-0.15, -0.1) is 0 Å². The molecule has 44 valence electrons. The number of hydrogen-bond donors (Lipinski definition) is 0. The minimum atomic E-state index is -0.943. The van der Waals surface area contributed by atoms with Gasteiger partial charge < -0.3 is 0 Å². The summed E-state index contributed by atoms with van der Waals surface area (Å²) in [6, 6.07) is 0. The molecule has 0 aliphatic rings. The Hall–Kier alpha value is -0.590. The van der Waals surface area contributed by atoms with Crippen molar-refractivity contribution >= 4 is 0 Å². The predicted molar refractivity (Wildman–Crippen MR) is 29.1 cm³/mol. The molecule has 8 heavy (non-hydrogen) atoms. The van der Waals surface area contributed by atoms with Crippen LogP contribution in [-0.4, -0.2) is 5.60 Å². The van der Waals surface area contributed by atoms with Crippen LogP contribution in [0.5, 0.6) is 0 Å². The van der Waals surface area contributed by atoms with E-state index < -0.39 is 5.60 Å². The fourth-order valence-electron chi connectivity index (χ4n) is 0.139. The molecule has 0 radical (unpaired) electrons. The molecular weight excluding hydrogens is 104 g/mol. The average molecular weight is 112 g/mol. The van der Waals surface area contributed by atoms with Crippen LogP contribution in [-0.2, 0) is 9.39 Å². The summed E-state index contributed by atoms with van der Waals surface area (Å²) >= 11 is 0. The first-order chi connectivity index (χ1) is 3.62. The molecule has 0 spiro atoms. The second-order valence-electron chi connectivity index (χ2n) is 1.62. The fraction of sp³-hybridized carbons (Fsp3) is 0.333. The minimum absolute atomic E-state index is 0.349. The fourth-order valence-corrected chi connectivity index (χ4v) is 0.139. The van der Waals surface area contributed by atoms with Crippen molar-refractivity contribution in [1.29, 1.82) is 0 Å². The maximum atomic E-state index is 9.52. The summed E-state index contributed by atoms with van der Waals surface area (Å²) in [5.74, 6) is 0. The van der Waals surface area contributed by atoms with Crippen LogP contribution in [0.3, 0.4) is 0 Å². The second kappa shape index (κ2) is 2.65. The van der Waals surface area contributed by atoms with Gasteiger partial charge in [-0.2, -0.15) is 0 Å². The Balaban J connectivity index is 3.58. The van der Waals surface area contributed by atoms with Crippen LogP contribution >= 0.6 is 0 Å². The van der Waals surface area contributed by atoms with E-state index in [1.54, 1.807) is 0 Å². The van der Waals surface area contributed by atoms with Crippen LogP contribution in [0.1, 0.15) is 6.42 Å². The second-order valence-corrected chi connectivity index (χ2v) is 1.62. The molecule has 0 aliphatic carbocycles. The van der Waals surface area contributed by atoms with Crippen molar-refractivity contribution in [3.63, 3.8) is 0 Å². The number of hydrogen-bond acceptors (Lipinski definition) is 1. The van der Waals surface area contributed by atoms with Gasteiger partial charge in [0.25, 0.3) is 0 Å². The van der Waals surface area contributed by atoms with Gasteiger partial charge in [0.15, 0.2) is 0 Å². The third-order valence-corrected chi connectivity index (χ3v) is 0.714. The van der Waals surface area contributed by atoms with Crippen LogP contribution in [0.15, 0.2) is 0 Å². The molecular formula is C6H8O2. The summed E-state index contributed by atoms with van der Waals surface area (Å²) in [5, 5.41) is 0. The molecule has 2 heteroatoms. The molecule has 0 aromatic heterocycles. The van der Waals surface area contributed by atoms with Gasteiger partial charge in [-0.25, -0.2) is 0 Å². The average Bonchev–Trinajstić information content (AvgIpc) is 1.67. The monoisotopic (exact) mass is 112 g/mol. The van der Waals surface area contributed by atoms with Crippen molar-refractivity contribution in [1.82, 2.24) is 0 Å². The molecule has 0 rings (SSSR count). The Morgan fingerprint density at radius 3 is 2.50 bits per heavy atom. The van der Waals surface area contributed by atoms with Gasteiger partial charge in [0, 0.05) is 0 Å². The maximum absolute atomic E-state index is 9.52. The summed E-state index contributed by atoms with van der Waals surface area (Å²) in [6.07, 6.45) is 1.59. The molecule has 0 heterocycles. The number of ether oxygens (including phenoxy) is 1. The van der Waals surface area contributed by atoms with Crippen LogP contribution < -0.4 is 0 Å². The zero-order valence-corrected chi connectivity index (χ0v) is 4.64. The van der Waals surface area contributed by atoms with Crippen LogP contribution in [0.25, 0.3) is 0 Å². The third kappa shape index (κ3) is 2.56. The molecule has 0 atom stereocenters. The quantitative estimate of drug-likeness (QED) is 0.386. The summed E-state index contributed by atoms with van der Waals surface area (Å²) in [5.41, 5.74) is -0.943. The predicted octanol–water partition coefficient (Wildman–Crippen LogP) is 0.981. The van der Waals surface area contributed by atoms with E-state index in [0.717, 1.165) is 0 Å². The topological polar surface area (TPSA) is 29.1 Å². The van der Waals surface area contributed by atoms with Gasteiger partial charge in [-0.1, -0.05) is 0 Å². The van der Waals surface area contributed by atoms with Gasteiger partial charge in [-0.3, -0.25) is 0 Å². The summed E-state index contributed by atoms with van der Waals surface area (Å²) in [6.45, 7) is 10.3. The molecule has 0 fully saturated rings. The van der Waals surface area contributed by atoms with E-state index in [4.69, 9.17) is 0 Å². The van der Waals surface area contributed by atoms with Crippen molar-refractivity contribution in [2.45, 2.75) is 12.0 Å².